The molecule has 0 saturated heterocycles. The van der Waals surface area contributed by atoms with Gasteiger partial charge in [-0.3, -0.25) is 4.79 Å². The minimum atomic E-state index is 0.222. The van der Waals surface area contributed by atoms with E-state index in [-0.39, 0.29) is 5.92 Å². The maximum atomic E-state index is 12.0. The Bertz CT molecular complexity index is 346. The molecule has 1 atom stereocenters. The Morgan fingerprint density at radius 3 is 2.71 bits per heavy atom. The van der Waals surface area contributed by atoms with E-state index in [0.29, 0.717) is 11.7 Å². The Hall–Kier alpha value is -0.150. The summed E-state index contributed by atoms with van der Waals surface area (Å²) in [7, 11) is 0. The van der Waals surface area contributed by atoms with E-state index >= 15 is 0 Å². The van der Waals surface area contributed by atoms with Gasteiger partial charge < -0.3 is 0 Å². The second-order valence-electron chi connectivity index (χ2n) is 4.01. The predicted octanol–water partition coefficient (Wildman–Crippen LogP) is 4.05. The molecule has 14 heavy (non-hydrogen) atoms. The molecule has 3 heteroatoms. The summed E-state index contributed by atoms with van der Waals surface area (Å²) < 4.78 is 1.06. The quantitative estimate of drug-likeness (QED) is 0.759. The van der Waals surface area contributed by atoms with Gasteiger partial charge in [0.05, 0.1) is 4.88 Å². The fraction of sp³-hybridized carbons (Fsp3) is 0.545. The number of hydrogen-bond donors (Lipinski definition) is 0. The number of rotatable bonds is 3. The molecule has 0 amide bonds. The van der Waals surface area contributed by atoms with Crippen molar-refractivity contribution in [2.24, 2.45) is 11.8 Å². The van der Waals surface area contributed by atoms with Crippen LogP contribution >= 0.6 is 27.3 Å². The smallest absolute Gasteiger partial charge is 0.175 e. The molecule has 1 aromatic rings. The molecule has 0 radical (unpaired) electrons. The van der Waals surface area contributed by atoms with Crippen LogP contribution in [-0.2, 0) is 0 Å². The summed E-state index contributed by atoms with van der Waals surface area (Å²) in [4.78, 5) is 14.1. The van der Waals surface area contributed by atoms with Crippen molar-refractivity contribution in [3.63, 3.8) is 0 Å². The molecule has 1 fully saturated rings. The number of hydrogen-bond acceptors (Lipinski definition) is 2. The van der Waals surface area contributed by atoms with E-state index in [1.54, 1.807) is 11.3 Å². The van der Waals surface area contributed by atoms with Crippen molar-refractivity contribution in [2.45, 2.75) is 26.7 Å². The van der Waals surface area contributed by atoms with E-state index in [0.717, 1.165) is 9.35 Å². The lowest BCUT2D eigenvalue weighted by atomic mass is 10.00. The van der Waals surface area contributed by atoms with Gasteiger partial charge in [0.1, 0.15) is 0 Å². The van der Waals surface area contributed by atoms with E-state index in [4.69, 9.17) is 0 Å². The number of carbonyl (C=O) groups is 1. The summed E-state index contributed by atoms with van der Waals surface area (Å²) in [6.07, 6.45) is 2.47. The standard InChI is InChI=1S/C11H13BrOS/c1-6(8-3-4-8)11(13)10-5-9(12)7(2)14-10/h5-6,8H,3-4H2,1-2H3. The summed E-state index contributed by atoms with van der Waals surface area (Å²) in [5.41, 5.74) is 0. The molecule has 0 aliphatic heterocycles. The predicted molar refractivity (Wildman–Crippen MR) is 63.0 cm³/mol. The summed E-state index contributed by atoms with van der Waals surface area (Å²) in [5, 5.41) is 0. The zero-order chi connectivity index (χ0) is 10.3. The highest BCUT2D eigenvalue weighted by Crippen LogP contribution is 2.39. The van der Waals surface area contributed by atoms with Crippen molar-refractivity contribution in [2.75, 3.05) is 0 Å². The highest BCUT2D eigenvalue weighted by molar-refractivity contribution is 9.10. The lowest BCUT2D eigenvalue weighted by Gasteiger charge is -2.05. The van der Waals surface area contributed by atoms with Crippen LogP contribution < -0.4 is 0 Å². The van der Waals surface area contributed by atoms with Crippen LogP contribution in [0.1, 0.15) is 34.3 Å². The van der Waals surface area contributed by atoms with Gasteiger partial charge in [-0.25, -0.2) is 0 Å². The topological polar surface area (TPSA) is 17.1 Å². The molecule has 1 nitrogen and oxygen atoms in total. The van der Waals surface area contributed by atoms with Crippen LogP contribution in [-0.4, -0.2) is 5.78 Å². The maximum absolute atomic E-state index is 12.0. The third-order valence-corrected chi connectivity index (χ3v) is 4.99. The molecule has 1 heterocycles. The Morgan fingerprint density at radius 2 is 2.29 bits per heavy atom. The van der Waals surface area contributed by atoms with E-state index in [9.17, 15) is 4.79 Å². The molecule has 0 N–H and O–H groups in total. The third kappa shape index (κ3) is 1.94. The van der Waals surface area contributed by atoms with Crippen molar-refractivity contribution >= 4 is 33.0 Å². The maximum Gasteiger partial charge on any atom is 0.175 e. The van der Waals surface area contributed by atoms with E-state index in [1.807, 2.05) is 13.0 Å². The minimum Gasteiger partial charge on any atom is -0.293 e. The average Bonchev–Trinajstić information content (AvgIpc) is 2.93. The first-order chi connectivity index (χ1) is 6.59. The van der Waals surface area contributed by atoms with Crippen LogP contribution in [0.2, 0.25) is 0 Å². The molecule has 1 aliphatic carbocycles. The van der Waals surface area contributed by atoms with Crippen molar-refractivity contribution in [3.8, 4) is 0 Å². The third-order valence-electron chi connectivity index (χ3n) is 2.84. The molecule has 2 rings (SSSR count). The molecule has 0 bridgehead atoms. The van der Waals surface area contributed by atoms with Crippen LogP contribution in [0.5, 0.6) is 0 Å². The van der Waals surface area contributed by atoms with Gasteiger partial charge in [-0.15, -0.1) is 11.3 Å². The minimum absolute atomic E-state index is 0.222. The van der Waals surface area contributed by atoms with E-state index in [2.05, 4.69) is 22.9 Å². The van der Waals surface area contributed by atoms with Gasteiger partial charge in [-0.1, -0.05) is 6.92 Å². The summed E-state index contributed by atoms with van der Waals surface area (Å²) >= 11 is 5.04. The molecule has 1 aliphatic rings. The molecule has 0 spiro atoms. The Kier molecular flexibility index (Phi) is 2.80. The van der Waals surface area contributed by atoms with Crippen LogP contribution in [0.15, 0.2) is 10.5 Å². The second-order valence-corrected chi connectivity index (χ2v) is 6.12. The molecular weight excluding hydrogens is 260 g/mol. The van der Waals surface area contributed by atoms with Crippen molar-refractivity contribution in [3.05, 3.63) is 20.3 Å². The summed E-state index contributed by atoms with van der Waals surface area (Å²) in [6.45, 7) is 4.09. The van der Waals surface area contributed by atoms with Crippen molar-refractivity contribution in [1.29, 1.82) is 0 Å². The SMILES string of the molecule is Cc1sc(C(=O)C(C)C2CC2)cc1Br. The monoisotopic (exact) mass is 272 g/mol. The fourth-order valence-corrected chi connectivity index (χ4v) is 3.19. The Balaban J connectivity index is 2.17. The number of aryl methyl sites for hydroxylation is 1. The molecular formula is C11H13BrOS. The number of carbonyl (C=O) groups excluding carboxylic acids is 1. The van der Waals surface area contributed by atoms with Crippen molar-refractivity contribution < 1.29 is 4.79 Å². The lowest BCUT2D eigenvalue weighted by Crippen LogP contribution is -2.11. The number of halogens is 1. The van der Waals surface area contributed by atoms with Gasteiger partial charge in [0.25, 0.3) is 0 Å². The average molecular weight is 273 g/mol. The first-order valence-electron chi connectivity index (χ1n) is 4.89. The second kappa shape index (κ2) is 3.78. The zero-order valence-electron chi connectivity index (χ0n) is 8.34. The van der Waals surface area contributed by atoms with Gasteiger partial charge in [0.15, 0.2) is 5.78 Å². The van der Waals surface area contributed by atoms with Gasteiger partial charge in [-0.05, 0) is 47.7 Å². The molecule has 0 aromatic carbocycles. The Morgan fingerprint density at radius 1 is 1.64 bits per heavy atom. The van der Waals surface area contributed by atoms with E-state index in [1.165, 1.54) is 17.7 Å². The first kappa shape index (κ1) is 10.4. The van der Waals surface area contributed by atoms with Crippen LogP contribution in [0, 0.1) is 18.8 Å². The molecule has 1 saturated carbocycles. The lowest BCUT2D eigenvalue weighted by molar-refractivity contribution is 0.0920. The van der Waals surface area contributed by atoms with Crippen molar-refractivity contribution in [1.82, 2.24) is 0 Å². The first-order valence-corrected chi connectivity index (χ1v) is 6.50. The summed E-state index contributed by atoms with van der Waals surface area (Å²) in [5.74, 6) is 1.20. The number of thiophene rings is 1. The van der Waals surface area contributed by atoms with Gasteiger partial charge in [-0.2, -0.15) is 0 Å². The van der Waals surface area contributed by atoms with Gasteiger partial charge in [0, 0.05) is 15.3 Å². The van der Waals surface area contributed by atoms with E-state index < -0.39 is 0 Å². The van der Waals surface area contributed by atoms with Gasteiger partial charge in [0.2, 0.25) is 0 Å². The number of ketones is 1. The summed E-state index contributed by atoms with van der Waals surface area (Å²) in [6, 6.07) is 1.96. The van der Waals surface area contributed by atoms with Crippen LogP contribution in [0.4, 0.5) is 0 Å². The molecule has 1 aromatic heterocycles. The number of Topliss-reactive ketones (excluding diaryl/α,β-unsaturated/α-hetero) is 1. The molecule has 76 valence electrons. The van der Waals surface area contributed by atoms with Crippen LogP contribution in [0.3, 0.4) is 0 Å². The highest BCUT2D eigenvalue weighted by atomic mass is 79.9. The molecule has 1 unspecified atom stereocenters. The van der Waals surface area contributed by atoms with Crippen LogP contribution in [0.25, 0.3) is 0 Å². The Labute approximate surface area is 96.6 Å². The largest absolute Gasteiger partial charge is 0.293 e. The van der Waals surface area contributed by atoms with Gasteiger partial charge >= 0.3 is 0 Å². The fourth-order valence-electron chi connectivity index (χ4n) is 1.62. The highest BCUT2D eigenvalue weighted by Gasteiger charge is 2.33. The normalized spacial score (nSPS) is 18.2. The zero-order valence-corrected chi connectivity index (χ0v) is 10.7.